The average molecular weight is 260 g/mol. The average Bonchev–Trinajstić information content (AvgIpc) is 2.29. The Bertz CT molecular complexity index is 449. The van der Waals surface area contributed by atoms with Gasteiger partial charge in [-0.05, 0) is 31.5 Å². The molecule has 4 nitrogen and oxygen atoms in total. The van der Waals surface area contributed by atoms with E-state index in [1.54, 1.807) is 0 Å². The molecule has 1 aromatic carbocycles. The highest BCUT2D eigenvalue weighted by molar-refractivity contribution is 7.89. The predicted molar refractivity (Wildman–Crippen MR) is 64.5 cm³/mol. The second-order valence-electron chi connectivity index (χ2n) is 3.68. The predicted octanol–water partition coefficient (Wildman–Crippen LogP) is 1.23. The molecular weight excluding hydrogens is 243 g/mol. The molecule has 0 radical (unpaired) electrons. The molecule has 96 valence electrons. The third-order valence-corrected chi connectivity index (χ3v) is 3.79. The maximum atomic E-state index is 13.3. The molecule has 0 aliphatic rings. The molecule has 0 heterocycles. The van der Waals surface area contributed by atoms with Crippen LogP contribution in [-0.4, -0.2) is 21.5 Å². The van der Waals surface area contributed by atoms with Crippen molar-refractivity contribution in [2.24, 2.45) is 5.73 Å². The number of sulfonamides is 1. The van der Waals surface area contributed by atoms with Crippen LogP contribution in [0.3, 0.4) is 0 Å². The lowest BCUT2D eigenvalue weighted by Crippen LogP contribution is -2.25. The van der Waals surface area contributed by atoms with Gasteiger partial charge in [0.15, 0.2) is 0 Å². The summed E-state index contributed by atoms with van der Waals surface area (Å²) in [6.45, 7) is 0.900. The molecule has 0 fully saturated rings. The van der Waals surface area contributed by atoms with Crippen molar-refractivity contribution in [1.82, 2.24) is 4.72 Å². The minimum atomic E-state index is -3.73. The van der Waals surface area contributed by atoms with E-state index in [0.29, 0.717) is 19.5 Å². The Morgan fingerprint density at radius 1 is 1.18 bits per heavy atom. The van der Waals surface area contributed by atoms with Crippen molar-refractivity contribution < 1.29 is 12.8 Å². The molecule has 0 spiro atoms. The van der Waals surface area contributed by atoms with Gasteiger partial charge in [0, 0.05) is 6.54 Å². The number of benzene rings is 1. The first-order chi connectivity index (χ1) is 8.08. The molecule has 0 saturated heterocycles. The van der Waals surface area contributed by atoms with E-state index < -0.39 is 15.8 Å². The zero-order valence-electron chi connectivity index (χ0n) is 9.52. The summed E-state index contributed by atoms with van der Waals surface area (Å²) in [7, 11) is -3.73. The maximum Gasteiger partial charge on any atom is 0.243 e. The minimum Gasteiger partial charge on any atom is -0.330 e. The van der Waals surface area contributed by atoms with Gasteiger partial charge < -0.3 is 5.73 Å². The van der Waals surface area contributed by atoms with Crippen molar-refractivity contribution in [3.63, 3.8) is 0 Å². The molecule has 0 saturated carbocycles. The molecule has 0 atom stereocenters. The summed E-state index contributed by atoms with van der Waals surface area (Å²) in [6.07, 6.45) is 2.42. The fraction of sp³-hybridized carbons (Fsp3) is 0.455. The Hall–Kier alpha value is -0.980. The first-order valence-corrected chi connectivity index (χ1v) is 7.00. The van der Waals surface area contributed by atoms with Gasteiger partial charge in [-0.1, -0.05) is 18.6 Å². The van der Waals surface area contributed by atoms with Crippen LogP contribution in [0.5, 0.6) is 0 Å². The summed E-state index contributed by atoms with van der Waals surface area (Å²) in [5.74, 6) is -0.734. The zero-order chi connectivity index (χ0) is 12.7. The number of nitrogens with one attached hydrogen (secondary N) is 1. The largest absolute Gasteiger partial charge is 0.330 e. The van der Waals surface area contributed by atoms with E-state index in [9.17, 15) is 12.8 Å². The van der Waals surface area contributed by atoms with E-state index in [1.165, 1.54) is 18.2 Å². The molecule has 1 aromatic rings. The summed E-state index contributed by atoms with van der Waals surface area (Å²) in [4.78, 5) is -0.307. The lowest BCUT2D eigenvalue weighted by Gasteiger charge is -2.07. The van der Waals surface area contributed by atoms with Crippen molar-refractivity contribution in [2.75, 3.05) is 13.1 Å². The molecule has 0 amide bonds. The van der Waals surface area contributed by atoms with E-state index in [1.807, 2.05) is 0 Å². The van der Waals surface area contributed by atoms with Gasteiger partial charge in [-0.3, -0.25) is 0 Å². The van der Waals surface area contributed by atoms with Crippen LogP contribution in [0, 0.1) is 5.82 Å². The van der Waals surface area contributed by atoms with Gasteiger partial charge in [-0.2, -0.15) is 0 Å². The topological polar surface area (TPSA) is 72.2 Å². The molecule has 0 unspecified atom stereocenters. The molecule has 0 aliphatic heterocycles. The van der Waals surface area contributed by atoms with Crippen molar-refractivity contribution in [3.05, 3.63) is 30.1 Å². The summed E-state index contributed by atoms with van der Waals surface area (Å²) >= 11 is 0. The maximum absolute atomic E-state index is 13.3. The number of rotatable bonds is 7. The van der Waals surface area contributed by atoms with Crippen molar-refractivity contribution in [1.29, 1.82) is 0 Å². The first kappa shape index (κ1) is 14.1. The van der Waals surface area contributed by atoms with Crippen LogP contribution in [-0.2, 0) is 10.0 Å². The van der Waals surface area contributed by atoms with E-state index in [4.69, 9.17) is 5.73 Å². The smallest absolute Gasteiger partial charge is 0.243 e. The molecule has 0 bridgehead atoms. The number of halogens is 1. The minimum absolute atomic E-state index is 0.302. The van der Waals surface area contributed by atoms with Crippen molar-refractivity contribution >= 4 is 10.0 Å². The fourth-order valence-electron chi connectivity index (χ4n) is 1.39. The van der Waals surface area contributed by atoms with Crippen LogP contribution in [0.15, 0.2) is 29.2 Å². The monoisotopic (exact) mass is 260 g/mol. The van der Waals surface area contributed by atoms with Crippen LogP contribution in [0.2, 0.25) is 0 Å². The molecule has 0 aromatic heterocycles. The third kappa shape index (κ3) is 4.41. The fourth-order valence-corrected chi connectivity index (χ4v) is 2.54. The van der Waals surface area contributed by atoms with Crippen LogP contribution >= 0.6 is 0 Å². The van der Waals surface area contributed by atoms with Gasteiger partial charge in [0.2, 0.25) is 10.0 Å². The first-order valence-electron chi connectivity index (χ1n) is 5.52. The molecule has 1 rings (SSSR count). The van der Waals surface area contributed by atoms with Crippen LogP contribution < -0.4 is 10.5 Å². The summed E-state index contributed by atoms with van der Waals surface area (Å²) < 4.78 is 39.1. The van der Waals surface area contributed by atoms with Crippen LogP contribution in [0.4, 0.5) is 4.39 Å². The van der Waals surface area contributed by atoms with E-state index in [2.05, 4.69) is 4.72 Å². The van der Waals surface area contributed by atoms with Crippen molar-refractivity contribution in [3.8, 4) is 0 Å². The Labute approximate surface area is 101 Å². The zero-order valence-corrected chi connectivity index (χ0v) is 10.3. The Balaban J connectivity index is 2.55. The van der Waals surface area contributed by atoms with E-state index in [-0.39, 0.29) is 4.90 Å². The SMILES string of the molecule is NCCCCCNS(=O)(=O)c1ccccc1F. The van der Waals surface area contributed by atoms with Gasteiger partial charge >= 0.3 is 0 Å². The summed E-state index contributed by atoms with van der Waals surface area (Å²) in [5.41, 5.74) is 5.32. The van der Waals surface area contributed by atoms with Gasteiger partial charge in [0.05, 0.1) is 0 Å². The van der Waals surface area contributed by atoms with Gasteiger partial charge in [-0.15, -0.1) is 0 Å². The normalized spacial score (nSPS) is 11.6. The highest BCUT2D eigenvalue weighted by atomic mass is 32.2. The molecule has 6 heteroatoms. The van der Waals surface area contributed by atoms with Crippen molar-refractivity contribution in [2.45, 2.75) is 24.2 Å². The molecule has 3 N–H and O–H groups in total. The Morgan fingerprint density at radius 2 is 1.88 bits per heavy atom. The number of nitrogens with two attached hydrogens (primary N) is 1. The molecule has 0 aliphatic carbocycles. The number of unbranched alkanes of at least 4 members (excludes halogenated alkanes) is 2. The quantitative estimate of drug-likeness (QED) is 0.724. The lowest BCUT2D eigenvalue weighted by atomic mass is 10.2. The standard InChI is InChI=1S/C11H17FN2O2S/c12-10-6-2-3-7-11(10)17(15,16)14-9-5-1-4-8-13/h2-3,6-7,14H,1,4-5,8-9,13H2. The van der Waals surface area contributed by atoms with Crippen LogP contribution in [0.25, 0.3) is 0 Å². The van der Waals surface area contributed by atoms with Crippen LogP contribution in [0.1, 0.15) is 19.3 Å². The second kappa shape index (κ2) is 6.68. The summed E-state index contributed by atoms with van der Waals surface area (Å²) in [6, 6.07) is 5.32. The highest BCUT2D eigenvalue weighted by Crippen LogP contribution is 2.12. The summed E-state index contributed by atoms with van der Waals surface area (Å²) in [5, 5.41) is 0. The third-order valence-electron chi connectivity index (χ3n) is 2.30. The number of hydrogen-bond donors (Lipinski definition) is 2. The molecule has 17 heavy (non-hydrogen) atoms. The molecular formula is C11H17FN2O2S. The lowest BCUT2D eigenvalue weighted by molar-refractivity contribution is 0.553. The number of hydrogen-bond acceptors (Lipinski definition) is 3. The Kier molecular flexibility index (Phi) is 5.54. The second-order valence-corrected chi connectivity index (χ2v) is 5.41. The van der Waals surface area contributed by atoms with E-state index in [0.717, 1.165) is 18.9 Å². The van der Waals surface area contributed by atoms with Gasteiger partial charge in [0.1, 0.15) is 10.7 Å². The highest BCUT2D eigenvalue weighted by Gasteiger charge is 2.17. The van der Waals surface area contributed by atoms with Gasteiger partial charge in [0.25, 0.3) is 0 Å². The van der Waals surface area contributed by atoms with Gasteiger partial charge in [-0.25, -0.2) is 17.5 Å². The van der Waals surface area contributed by atoms with E-state index >= 15 is 0 Å². The Morgan fingerprint density at radius 3 is 2.53 bits per heavy atom.